The van der Waals surface area contributed by atoms with Gasteiger partial charge >= 0.3 is 0 Å². The summed E-state index contributed by atoms with van der Waals surface area (Å²) in [7, 11) is 1.67. The SMILES string of the molecule is COc1ccc(-n2c(C)cc([C@@H]3[C@@H](c4ccccn4)NC(=S)N3CCC(=O)Nc3ccc(C)cc3)c2C)cc1. The molecule has 1 aliphatic heterocycles. The topological polar surface area (TPSA) is 71.4 Å². The third-order valence-electron chi connectivity index (χ3n) is 7.23. The number of carbonyl (C=O) groups is 1. The van der Waals surface area contributed by atoms with E-state index in [9.17, 15) is 4.79 Å². The van der Waals surface area contributed by atoms with Gasteiger partial charge in [-0.15, -0.1) is 0 Å². The third-order valence-corrected chi connectivity index (χ3v) is 7.58. The fourth-order valence-electron chi connectivity index (χ4n) is 5.28. The molecule has 0 radical (unpaired) electrons. The van der Waals surface area contributed by atoms with Gasteiger partial charge in [0.1, 0.15) is 5.75 Å². The number of amides is 1. The first-order valence-electron chi connectivity index (χ1n) is 13.0. The van der Waals surface area contributed by atoms with Gasteiger partial charge in [0.05, 0.1) is 24.9 Å². The highest BCUT2D eigenvalue weighted by atomic mass is 32.1. The molecule has 3 heterocycles. The fourth-order valence-corrected chi connectivity index (χ4v) is 5.61. The second-order valence-corrected chi connectivity index (χ2v) is 10.2. The summed E-state index contributed by atoms with van der Waals surface area (Å²) in [6.07, 6.45) is 2.10. The van der Waals surface area contributed by atoms with Crippen molar-refractivity contribution in [1.82, 2.24) is 19.8 Å². The van der Waals surface area contributed by atoms with E-state index >= 15 is 0 Å². The zero-order valence-corrected chi connectivity index (χ0v) is 23.5. The first kappa shape index (κ1) is 26.4. The molecule has 0 spiro atoms. The van der Waals surface area contributed by atoms with Crippen molar-refractivity contribution in [1.29, 1.82) is 0 Å². The Labute approximate surface area is 234 Å². The minimum Gasteiger partial charge on any atom is -0.497 e. The van der Waals surface area contributed by atoms with Crippen molar-refractivity contribution < 1.29 is 9.53 Å². The van der Waals surface area contributed by atoms with Gasteiger partial charge in [-0.05, 0) is 93.1 Å². The number of hydrogen-bond donors (Lipinski definition) is 2. The van der Waals surface area contributed by atoms with E-state index in [1.54, 1.807) is 13.3 Å². The van der Waals surface area contributed by atoms with Crippen LogP contribution in [0.3, 0.4) is 0 Å². The molecule has 0 unspecified atom stereocenters. The number of nitrogens with one attached hydrogen (secondary N) is 2. The van der Waals surface area contributed by atoms with E-state index in [1.807, 2.05) is 61.5 Å². The van der Waals surface area contributed by atoms with Gasteiger partial charge in [0.25, 0.3) is 0 Å². The summed E-state index contributed by atoms with van der Waals surface area (Å²) in [5.74, 6) is 0.766. The van der Waals surface area contributed by atoms with Crippen LogP contribution in [0.4, 0.5) is 5.69 Å². The second kappa shape index (κ2) is 11.3. The second-order valence-electron chi connectivity index (χ2n) is 9.84. The van der Waals surface area contributed by atoms with Gasteiger partial charge in [-0.1, -0.05) is 23.8 Å². The van der Waals surface area contributed by atoms with Gasteiger partial charge in [-0.2, -0.15) is 0 Å². The molecule has 39 heavy (non-hydrogen) atoms. The molecule has 200 valence electrons. The maximum Gasteiger partial charge on any atom is 0.226 e. The Morgan fingerprint density at radius 2 is 1.79 bits per heavy atom. The van der Waals surface area contributed by atoms with Crippen LogP contribution in [-0.2, 0) is 4.79 Å². The normalized spacial score (nSPS) is 16.7. The molecule has 0 saturated carbocycles. The monoisotopic (exact) mass is 539 g/mol. The van der Waals surface area contributed by atoms with Crippen LogP contribution >= 0.6 is 12.2 Å². The van der Waals surface area contributed by atoms with Gasteiger partial charge in [0.2, 0.25) is 5.91 Å². The minimum atomic E-state index is -0.149. The van der Waals surface area contributed by atoms with Gasteiger partial charge in [0, 0.05) is 41.9 Å². The molecule has 2 N–H and O–H groups in total. The predicted octanol–water partition coefficient (Wildman–Crippen LogP) is 5.81. The van der Waals surface area contributed by atoms with Crippen LogP contribution in [-0.4, -0.2) is 39.1 Å². The van der Waals surface area contributed by atoms with Gasteiger partial charge in [0.15, 0.2) is 5.11 Å². The van der Waals surface area contributed by atoms with Crippen molar-refractivity contribution in [2.24, 2.45) is 0 Å². The quantitative estimate of drug-likeness (QED) is 0.276. The average Bonchev–Trinajstić information content (AvgIpc) is 3.43. The van der Waals surface area contributed by atoms with Gasteiger partial charge in [-0.3, -0.25) is 9.78 Å². The predicted molar refractivity (Wildman–Crippen MR) is 158 cm³/mol. The summed E-state index contributed by atoms with van der Waals surface area (Å²) < 4.78 is 7.60. The molecule has 1 aliphatic rings. The van der Waals surface area contributed by atoms with Crippen molar-refractivity contribution in [2.45, 2.75) is 39.3 Å². The Hall–Kier alpha value is -4.17. The Bertz CT molecular complexity index is 1470. The summed E-state index contributed by atoms with van der Waals surface area (Å²) in [6, 6.07) is 23.7. The highest BCUT2D eigenvalue weighted by molar-refractivity contribution is 7.80. The van der Waals surface area contributed by atoms with E-state index < -0.39 is 0 Å². The van der Waals surface area contributed by atoms with Crippen molar-refractivity contribution in [2.75, 3.05) is 19.0 Å². The molecular weight excluding hydrogens is 506 g/mol. The molecule has 1 saturated heterocycles. The number of benzene rings is 2. The number of aryl methyl sites for hydroxylation is 2. The summed E-state index contributed by atoms with van der Waals surface area (Å²) in [6.45, 7) is 6.74. The lowest BCUT2D eigenvalue weighted by molar-refractivity contribution is -0.116. The number of aromatic nitrogens is 2. The zero-order chi connectivity index (χ0) is 27.5. The number of thiocarbonyl (C=S) groups is 1. The highest BCUT2D eigenvalue weighted by Gasteiger charge is 2.41. The summed E-state index contributed by atoms with van der Waals surface area (Å²) in [5.41, 5.74) is 7.28. The lowest BCUT2D eigenvalue weighted by Crippen LogP contribution is -2.32. The number of ether oxygens (including phenoxy) is 1. The Morgan fingerprint density at radius 1 is 1.05 bits per heavy atom. The van der Waals surface area contributed by atoms with E-state index in [0.29, 0.717) is 18.1 Å². The molecule has 2 atom stereocenters. The lowest BCUT2D eigenvalue weighted by Gasteiger charge is -2.28. The first-order chi connectivity index (χ1) is 18.9. The molecular formula is C31H33N5O2S. The van der Waals surface area contributed by atoms with Crippen LogP contribution in [0.15, 0.2) is 79.0 Å². The molecule has 0 aliphatic carbocycles. The van der Waals surface area contributed by atoms with Crippen LogP contribution in [0, 0.1) is 20.8 Å². The number of carbonyl (C=O) groups excluding carboxylic acids is 1. The third kappa shape index (κ3) is 5.52. The standard InChI is InChI=1S/C31H33N5O2S/c1-20-8-10-23(11-9-20)33-28(37)16-18-35-30(29(34-31(35)39)27-7-5-6-17-32-27)26-19-21(2)36(22(26)3)24-12-14-25(38-4)15-13-24/h5-15,17,19,29-30H,16,18H2,1-4H3,(H,33,37)(H,34,39)/t29-,30-/m1/s1. The fraction of sp³-hybridized carbons (Fsp3) is 0.258. The lowest BCUT2D eigenvalue weighted by atomic mass is 9.96. The van der Waals surface area contributed by atoms with Crippen LogP contribution < -0.4 is 15.4 Å². The Balaban J connectivity index is 1.45. The maximum absolute atomic E-state index is 12.9. The van der Waals surface area contributed by atoms with Crippen LogP contribution in [0.1, 0.15) is 46.7 Å². The molecule has 1 amide bonds. The van der Waals surface area contributed by atoms with Crippen LogP contribution in [0.5, 0.6) is 5.75 Å². The van der Waals surface area contributed by atoms with Gasteiger partial charge < -0.3 is 24.8 Å². The number of pyridine rings is 1. The van der Waals surface area contributed by atoms with Crippen molar-refractivity contribution in [3.05, 3.63) is 107 Å². The van der Waals surface area contributed by atoms with E-state index in [0.717, 1.165) is 45.3 Å². The van der Waals surface area contributed by atoms with E-state index in [2.05, 4.69) is 57.1 Å². The summed E-state index contributed by atoms with van der Waals surface area (Å²) in [5, 5.41) is 7.12. The molecule has 7 nitrogen and oxygen atoms in total. The van der Waals surface area contributed by atoms with E-state index in [1.165, 1.54) is 0 Å². The minimum absolute atomic E-state index is 0.0506. The molecule has 2 aromatic heterocycles. The van der Waals surface area contributed by atoms with Crippen molar-refractivity contribution in [3.63, 3.8) is 0 Å². The van der Waals surface area contributed by atoms with Gasteiger partial charge in [-0.25, -0.2) is 0 Å². The number of hydrogen-bond acceptors (Lipinski definition) is 4. The summed E-state index contributed by atoms with van der Waals surface area (Å²) in [4.78, 5) is 19.7. The molecule has 0 bridgehead atoms. The molecule has 8 heteroatoms. The van der Waals surface area contributed by atoms with Crippen molar-refractivity contribution in [3.8, 4) is 11.4 Å². The highest BCUT2D eigenvalue weighted by Crippen LogP contribution is 2.41. The molecule has 2 aromatic carbocycles. The molecule has 5 rings (SSSR count). The maximum atomic E-state index is 12.9. The largest absolute Gasteiger partial charge is 0.497 e. The number of anilines is 1. The van der Waals surface area contributed by atoms with Crippen LogP contribution in [0.2, 0.25) is 0 Å². The first-order valence-corrected chi connectivity index (χ1v) is 13.4. The van der Waals surface area contributed by atoms with Crippen LogP contribution in [0.25, 0.3) is 5.69 Å². The zero-order valence-electron chi connectivity index (χ0n) is 22.6. The molecule has 1 fully saturated rings. The van der Waals surface area contributed by atoms with E-state index in [-0.39, 0.29) is 18.0 Å². The Kier molecular flexibility index (Phi) is 7.65. The number of methoxy groups -OCH3 is 1. The van der Waals surface area contributed by atoms with Crippen molar-refractivity contribution >= 4 is 28.9 Å². The number of rotatable bonds is 8. The number of nitrogens with zero attached hydrogens (tertiary/aromatic N) is 3. The van der Waals surface area contributed by atoms with E-state index in [4.69, 9.17) is 17.0 Å². The summed E-state index contributed by atoms with van der Waals surface area (Å²) >= 11 is 5.83. The average molecular weight is 540 g/mol. The smallest absolute Gasteiger partial charge is 0.226 e. The Morgan fingerprint density at radius 3 is 2.46 bits per heavy atom. The molecule has 4 aromatic rings.